The van der Waals surface area contributed by atoms with Crippen LogP contribution < -0.4 is 10.5 Å². The van der Waals surface area contributed by atoms with Crippen LogP contribution in [0.25, 0.3) is 0 Å². The number of nitrogens with one attached hydrogen (secondary N) is 1. The van der Waals surface area contributed by atoms with Gasteiger partial charge in [-0.05, 0) is 45.1 Å². The number of rotatable bonds is 4. The second-order valence-corrected chi connectivity index (χ2v) is 6.94. The van der Waals surface area contributed by atoms with Crippen LogP contribution in [-0.4, -0.2) is 37.9 Å². The van der Waals surface area contributed by atoms with Crippen molar-refractivity contribution in [1.29, 1.82) is 0 Å². The summed E-state index contributed by atoms with van der Waals surface area (Å²) in [7, 11) is -3.29. The minimum atomic E-state index is -3.29. The molecular formula is C10H21N3O2S. The van der Waals surface area contributed by atoms with Crippen molar-refractivity contribution in [2.24, 2.45) is 11.7 Å². The maximum Gasteiger partial charge on any atom is 0.279 e. The molecule has 1 saturated heterocycles. The number of nitrogens with two attached hydrogens (primary N) is 1. The smallest absolute Gasteiger partial charge is 0.279 e. The summed E-state index contributed by atoms with van der Waals surface area (Å²) < 4.78 is 28.5. The van der Waals surface area contributed by atoms with Crippen LogP contribution in [0.3, 0.4) is 0 Å². The fraction of sp³-hybridized carbons (Fsp3) is 1.00. The molecule has 0 spiro atoms. The van der Waals surface area contributed by atoms with Gasteiger partial charge in [-0.1, -0.05) is 0 Å². The average molecular weight is 247 g/mol. The molecule has 0 amide bonds. The second kappa shape index (κ2) is 4.25. The lowest BCUT2D eigenvalue weighted by atomic mass is 10.0. The van der Waals surface area contributed by atoms with Crippen LogP contribution in [0, 0.1) is 5.92 Å². The molecule has 1 aliphatic heterocycles. The summed E-state index contributed by atoms with van der Waals surface area (Å²) in [6.45, 7) is 3.72. The van der Waals surface area contributed by atoms with E-state index in [2.05, 4.69) is 4.72 Å². The molecule has 5 nitrogen and oxygen atoms in total. The van der Waals surface area contributed by atoms with Gasteiger partial charge in [-0.15, -0.1) is 0 Å². The van der Waals surface area contributed by atoms with Crippen molar-refractivity contribution in [3.63, 3.8) is 0 Å². The predicted molar refractivity (Wildman–Crippen MR) is 63.0 cm³/mol. The first-order chi connectivity index (χ1) is 7.45. The van der Waals surface area contributed by atoms with Gasteiger partial charge in [0.1, 0.15) is 0 Å². The van der Waals surface area contributed by atoms with E-state index in [0.29, 0.717) is 25.6 Å². The van der Waals surface area contributed by atoms with Gasteiger partial charge in [-0.2, -0.15) is 17.4 Å². The van der Waals surface area contributed by atoms with E-state index in [4.69, 9.17) is 5.73 Å². The number of nitrogens with zero attached hydrogens (tertiary/aromatic N) is 1. The van der Waals surface area contributed by atoms with Gasteiger partial charge in [0.25, 0.3) is 10.2 Å². The highest BCUT2D eigenvalue weighted by Crippen LogP contribution is 2.35. The minimum absolute atomic E-state index is 0.186. The predicted octanol–water partition coefficient (Wildman–Crippen LogP) is 0.0440. The fourth-order valence-corrected chi connectivity index (χ4v) is 3.84. The summed E-state index contributed by atoms with van der Waals surface area (Å²) in [5, 5.41) is 0. The molecule has 1 aliphatic carbocycles. The molecule has 2 rings (SSSR count). The Morgan fingerprint density at radius 1 is 1.50 bits per heavy atom. The summed E-state index contributed by atoms with van der Waals surface area (Å²) in [5.74, 6) is 0.317. The monoisotopic (exact) mass is 247 g/mol. The summed E-state index contributed by atoms with van der Waals surface area (Å²) >= 11 is 0. The van der Waals surface area contributed by atoms with E-state index in [0.717, 1.165) is 25.7 Å². The Balaban J connectivity index is 1.99. The van der Waals surface area contributed by atoms with Gasteiger partial charge in [-0.25, -0.2) is 0 Å². The lowest BCUT2D eigenvalue weighted by molar-refractivity contribution is 0.267. The van der Waals surface area contributed by atoms with Gasteiger partial charge < -0.3 is 5.73 Å². The molecule has 0 aromatic carbocycles. The maximum absolute atomic E-state index is 12.1. The van der Waals surface area contributed by atoms with Gasteiger partial charge in [0.15, 0.2) is 0 Å². The van der Waals surface area contributed by atoms with Crippen molar-refractivity contribution in [2.75, 3.05) is 19.6 Å². The molecule has 3 N–H and O–H groups in total. The van der Waals surface area contributed by atoms with Gasteiger partial charge >= 0.3 is 0 Å². The van der Waals surface area contributed by atoms with E-state index in [9.17, 15) is 8.42 Å². The zero-order chi connectivity index (χ0) is 11.8. The zero-order valence-electron chi connectivity index (χ0n) is 9.78. The van der Waals surface area contributed by atoms with Crippen LogP contribution in [0.1, 0.15) is 32.6 Å². The number of piperidine rings is 1. The van der Waals surface area contributed by atoms with Crippen molar-refractivity contribution >= 4 is 10.2 Å². The van der Waals surface area contributed by atoms with E-state index >= 15 is 0 Å². The molecule has 94 valence electrons. The second-order valence-electron chi connectivity index (χ2n) is 5.27. The Kier molecular flexibility index (Phi) is 3.27. The summed E-state index contributed by atoms with van der Waals surface area (Å²) in [5.41, 5.74) is 5.42. The number of hydrogen-bond acceptors (Lipinski definition) is 3. The van der Waals surface area contributed by atoms with E-state index in [-0.39, 0.29) is 5.54 Å². The lowest BCUT2D eigenvalue weighted by Crippen LogP contribution is -2.50. The van der Waals surface area contributed by atoms with Crippen molar-refractivity contribution in [3.05, 3.63) is 0 Å². The van der Waals surface area contributed by atoms with Crippen LogP contribution >= 0.6 is 0 Å². The van der Waals surface area contributed by atoms with Gasteiger partial charge in [-0.3, -0.25) is 0 Å². The third-order valence-electron chi connectivity index (χ3n) is 3.53. The average Bonchev–Trinajstić information content (AvgIpc) is 2.95. The molecule has 2 aliphatic rings. The Morgan fingerprint density at radius 3 is 2.75 bits per heavy atom. The van der Waals surface area contributed by atoms with Crippen LogP contribution in [0.15, 0.2) is 0 Å². The van der Waals surface area contributed by atoms with Gasteiger partial charge in [0, 0.05) is 18.6 Å². The molecule has 1 saturated carbocycles. The Morgan fingerprint density at radius 2 is 2.19 bits per heavy atom. The molecule has 16 heavy (non-hydrogen) atoms. The molecule has 0 aromatic heterocycles. The number of hydrogen-bond donors (Lipinski definition) is 2. The van der Waals surface area contributed by atoms with Gasteiger partial charge in [0.05, 0.1) is 0 Å². The quantitative estimate of drug-likeness (QED) is 0.737. The van der Waals surface area contributed by atoms with E-state index in [1.807, 2.05) is 6.92 Å². The van der Waals surface area contributed by atoms with Crippen LogP contribution in [0.2, 0.25) is 0 Å². The standard InChI is InChI=1S/C10H21N3O2S/c1-10(4-5-10)12-16(14,15)13-6-2-3-9(7-11)8-13/h9,12H,2-8,11H2,1H3. The van der Waals surface area contributed by atoms with Gasteiger partial charge in [0.2, 0.25) is 0 Å². The summed E-state index contributed by atoms with van der Waals surface area (Å²) in [4.78, 5) is 0. The first-order valence-electron chi connectivity index (χ1n) is 5.94. The largest absolute Gasteiger partial charge is 0.330 e. The Labute approximate surface area is 97.6 Å². The highest BCUT2D eigenvalue weighted by Gasteiger charge is 2.43. The van der Waals surface area contributed by atoms with Crippen molar-refractivity contribution in [1.82, 2.24) is 9.03 Å². The third kappa shape index (κ3) is 2.74. The van der Waals surface area contributed by atoms with Crippen molar-refractivity contribution in [3.8, 4) is 0 Å². The molecule has 0 bridgehead atoms. The van der Waals surface area contributed by atoms with E-state index in [1.165, 1.54) is 0 Å². The molecule has 2 fully saturated rings. The highest BCUT2D eigenvalue weighted by atomic mass is 32.2. The minimum Gasteiger partial charge on any atom is -0.330 e. The molecule has 0 radical (unpaired) electrons. The van der Waals surface area contributed by atoms with Crippen molar-refractivity contribution in [2.45, 2.75) is 38.1 Å². The Bertz CT molecular complexity index is 351. The summed E-state index contributed by atoms with van der Waals surface area (Å²) in [6, 6.07) is 0. The van der Waals surface area contributed by atoms with E-state index < -0.39 is 10.2 Å². The molecule has 1 unspecified atom stereocenters. The normalized spacial score (nSPS) is 30.2. The SMILES string of the molecule is CC1(NS(=O)(=O)N2CCCC(CN)C2)CC1. The summed E-state index contributed by atoms with van der Waals surface area (Å²) in [6.07, 6.45) is 3.85. The zero-order valence-corrected chi connectivity index (χ0v) is 10.6. The molecule has 1 heterocycles. The topological polar surface area (TPSA) is 75.4 Å². The highest BCUT2D eigenvalue weighted by molar-refractivity contribution is 7.87. The molecule has 6 heteroatoms. The maximum atomic E-state index is 12.1. The van der Waals surface area contributed by atoms with E-state index in [1.54, 1.807) is 4.31 Å². The third-order valence-corrected chi connectivity index (χ3v) is 5.29. The molecular weight excluding hydrogens is 226 g/mol. The lowest BCUT2D eigenvalue weighted by Gasteiger charge is -2.32. The van der Waals surface area contributed by atoms with Crippen molar-refractivity contribution < 1.29 is 8.42 Å². The Hall–Kier alpha value is -0.170. The van der Waals surface area contributed by atoms with Crippen LogP contribution in [-0.2, 0) is 10.2 Å². The first-order valence-corrected chi connectivity index (χ1v) is 7.38. The van der Waals surface area contributed by atoms with Crippen LogP contribution in [0.4, 0.5) is 0 Å². The first kappa shape index (κ1) is 12.3. The fourth-order valence-electron chi connectivity index (χ4n) is 2.10. The molecule has 1 atom stereocenters. The molecule has 0 aromatic rings. The van der Waals surface area contributed by atoms with Crippen LogP contribution in [0.5, 0.6) is 0 Å².